The second-order valence-corrected chi connectivity index (χ2v) is 7.39. The van der Waals surface area contributed by atoms with Crippen molar-refractivity contribution >= 4 is 26.0 Å². The van der Waals surface area contributed by atoms with Crippen molar-refractivity contribution in [3.63, 3.8) is 0 Å². The number of hydrogen-bond donors (Lipinski definition) is 1. The third-order valence-corrected chi connectivity index (χ3v) is 5.74. The van der Waals surface area contributed by atoms with Crippen LogP contribution in [0.2, 0.25) is 0 Å². The molecular weight excluding hydrogens is 382 g/mol. The quantitative estimate of drug-likeness (QED) is 0.695. The van der Waals surface area contributed by atoms with Crippen molar-refractivity contribution in [1.29, 1.82) is 0 Å². The Kier molecular flexibility index (Phi) is 4.65. The molecule has 23 heavy (non-hydrogen) atoms. The lowest BCUT2D eigenvalue weighted by molar-refractivity contribution is 0.402. The van der Waals surface area contributed by atoms with E-state index in [2.05, 4.69) is 25.8 Å². The molecule has 6 nitrogen and oxygen atoms in total. The van der Waals surface area contributed by atoms with Crippen molar-refractivity contribution in [2.24, 2.45) is 0 Å². The molecule has 0 spiro atoms. The van der Waals surface area contributed by atoms with E-state index in [1.165, 1.54) is 0 Å². The third-order valence-electron chi connectivity index (χ3n) is 3.31. The molecule has 1 unspecified atom stereocenters. The molecule has 0 aliphatic rings. The zero-order valence-electron chi connectivity index (χ0n) is 12.0. The molecule has 8 heteroatoms. The van der Waals surface area contributed by atoms with Gasteiger partial charge in [-0.05, 0) is 46.3 Å². The van der Waals surface area contributed by atoms with Crippen LogP contribution in [0.5, 0.6) is 0 Å². The highest BCUT2D eigenvalue weighted by Crippen LogP contribution is 2.22. The minimum absolute atomic E-state index is 0.124. The highest BCUT2D eigenvalue weighted by Gasteiger charge is 2.22. The Hall–Kier alpha value is -1.90. The number of aromatic nitrogens is 2. The SMILES string of the molecule is O=S(=O)(NCC(c1ccco1)n1cccn1)c1ccccc1Br. The number of nitrogens with zero attached hydrogens (tertiary/aromatic N) is 2. The number of nitrogens with one attached hydrogen (secondary N) is 1. The number of benzene rings is 1. The van der Waals surface area contributed by atoms with Crippen LogP contribution >= 0.6 is 15.9 Å². The van der Waals surface area contributed by atoms with Gasteiger partial charge in [-0.1, -0.05) is 12.1 Å². The summed E-state index contributed by atoms with van der Waals surface area (Å²) in [6, 6.07) is 11.6. The summed E-state index contributed by atoms with van der Waals surface area (Å²) >= 11 is 3.26. The molecule has 1 N–H and O–H groups in total. The summed E-state index contributed by atoms with van der Waals surface area (Å²) in [5.41, 5.74) is 0. The molecule has 1 atom stereocenters. The molecule has 0 fully saturated rings. The molecule has 0 saturated carbocycles. The molecule has 2 heterocycles. The Bertz CT molecular complexity index is 827. The second kappa shape index (κ2) is 6.69. The molecule has 0 radical (unpaired) electrons. The summed E-state index contributed by atoms with van der Waals surface area (Å²) in [5.74, 6) is 0.628. The van der Waals surface area contributed by atoms with Crippen molar-refractivity contribution in [2.75, 3.05) is 6.54 Å². The van der Waals surface area contributed by atoms with E-state index in [9.17, 15) is 8.42 Å². The minimum atomic E-state index is -3.65. The van der Waals surface area contributed by atoms with E-state index in [0.29, 0.717) is 10.2 Å². The molecule has 0 saturated heterocycles. The van der Waals surface area contributed by atoms with E-state index in [4.69, 9.17) is 4.42 Å². The van der Waals surface area contributed by atoms with Crippen LogP contribution in [-0.4, -0.2) is 24.7 Å². The first-order valence-electron chi connectivity index (χ1n) is 6.84. The number of furan rings is 1. The first-order valence-corrected chi connectivity index (χ1v) is 9.12. The van der Waals surface area contributed by atoms with Crippen LogP contribution in [-0.2, 0) is 10.0 Å². The van der Waals surface area contributed by atoms with Gasteiger partial charge < -0.3 is 4.42 Å². The van der Waals surface area contributed by atoms with E-state index in [-0.39, 0.29) is 17.5 Å². The maximum atomic E-state index is 12.5. The molecule has 120 valence electrons. The number of sulfonamides is 1. The van der Waals surface area contributed by atoms with E-state index in [0.717, 1.165) is 0 Å². The lowest BCUT2D eigenvalue weighted by Crippen LogP contribution is -2.31. The fourth-order valence-electron chi connectivity index (χ4n) is 2.20. The van der Waals surface area contributed by atoms with Gasteiger partial charge >= 0.3 is 0 Å². The lowest BCUT2D eigenvalue weighted by atomic mass is 10.2. The summed E-state index contributed by atoms with van der Waals surface area (Å²) in [6.07, 6.45) is 4.95. The summed E-state index contributed by atoms with van der Waals surface area (Å²) in [5, 5.41) is 4.18. The Morgan fingerprint density at radius 2 is 2.04 bits per heavy atom. The van der Waals surface area contributed by atoms with Gasteiger partial charge in [-0.2, -0.15) is 5.10 Å². The molecule has 2 aromatic heterocycles. The van der Waals surface area contributed by atoms with Gasteiger partial charge in [0.25, 0.3) is 0 Å². The number of rotatable bonds is 6. The van der Waals surface area contributed by atoms with Crippen LogP contribution < -0.4 is 4.72 Å². The van der Waals surface area contributed by atoms with E-state index in [1.54, 1.807) is 65.8 Å². The topological polar surface area (TPSA) is 77.1 Å². The standard InChI is InChI=1S/C15H14BrN3O3S/c16-12-5-1-2-7-15(12)23(20,21)18-11-13(14-6-3-10-22-14)19-9-4-8-17-19/h1-10,13,18H,11H2. The molecule has 1 aromatic carbocycles. The Morgan fingerprint density at radius 1 is 1.22 bits per heavy atom. The molecule has 3 aromatic rings. The van der Waals surface area contributed by atoms with Crippen molar-refractivity contribution < 1.29 is 12.8 Å². The maximum Gasteiger partial charge on any atom is 0.241 e. The predicted molar refractivity (Wildman–Crippen MR) is 88.4 cm³/mol. The average Bonchev–Trinajstić information content (AvgIpc) is 3.21. The summed E-state index contributed by atoms with van der Waals surface area (Å²) in [4.78, 5) is 0.193. The van der Waals surface area contributed by atoms with Gasteiger partial charge in [-0.3, -0.25) is 4.68 Å². The summed E-state index contributed by atoms with van der Waals surface area (Å²) in [6.45, 7) is 0.124. The number of hydrogen-bond acceptors (Lipinski definition) is 4. The molecule has 3 rings (SSSR count). The van der Waals surface area contributed by atoms with Crippen molar-refractivity contribution in [3.05, 3.63) is 71.4 Å². The number of halogens is 1. The van der Waals surface area contributed by atoms with Gasteiger partial charge in [0.15, 0.2) is 0 Å². The lowest BCUT2D eigenvalue weighted by Gasteiger charge is -2.16. The van der Waals surface area contributed by atoms with Crippen LogP contribution in [0.15, 0.2) is 74.9 Å². The Morgan fingerprint density at radius 3 is 2.70 bits per heavy atom. The average molecular weight is 396 g/mol. The van der Waals surface area contributed by atoms with E-state index >= 15 is 0 Å². The second-order valence-electron chi connectivity index (χ2n) is 4.80. The highest BCUT2D eigenvalue weighted by atomic mass is 79.9. The third kappa shape index (κ3) is 3.54. The van der Waals surface area contributed by atoms with E-state index in [1.807, 2.05) is 0 Å². The van der Waals surface area contributed by atoms with E-state index < -0.39 is 10.0 Å². The van der Waals surface area contributed by atoms with Crippen molar-refractivity contribution in [3.8, 4) is 0 Å². The molecule has 0 aliphatic carbocycles. The predicted octanol–water partition coefficient (Wildman–Crippen LogP) is 2.81. The zero-order valence-corrected chi connectivity index (χ0v) is 14.4. The minimum Gasteiger partial charge on any atom is -0.467 e. The zero-order chi connectivity index (χ0) is 16.3. The van der Waals surface area contributed by atoms with Crippen molar-refractivity contribution in [2.45, 2.75) is 10.9 Å². The Labute approximate surface area is 142 Å². The smallest absolute Gasteiger partial charge is 0.241 e. The monoisotopic (exact) mass is 395 g/mol. The van der Waals surface area contributed by atoms with Crippen LogP contribution in [0.25, 0.3) is 0 Å². The van der Waals surface area contributed by atoms with Gasteiger partial charge in [0.05, 0.1) is 11.2 Å². The maximum absolute atomic E-state index is 12.5. The van der Waals surface area contributed by atoms with Crippen LogP contribution in [0.1, 0.15) is 11.8 Å². The molecular formula is C15H14BrN3O3S. The van der Waals surface area contributed by atoms with Gasteiger partial charge in [-0.25, -0.2) is 13.1 Å². The van der Waals surface area contributed by atoms with Gasteiger partial charge in [0.2, 0.25) is 10.0 Å². The first-order chi connectivity index (χ1) is 11.1. The largest absolute Gasteiger partial charge is 0.467 e. The van der Waals surface area contributed by atoms with Gasteiger partial charge in [0.1, 0.15) is 11.8 Å². The molecule has 0 amide bonds. The molecule has 0 aliphatic heterocycles. The van der Waals surface area contributed by atoms with Gasteiger partial charge in [0, 0.05) is 23.4 Å². The first kappa shape index (κ1) is 16.0. The van der Waals surface area contributed by atoms with Crippen molar-refractivity contribution in [1.82, 2.24) is 14.5 Å². The fourth-order valence-corrected chi connectivity index (χ4v) is 4.24. The summed E-state index contributed by atoms with van der Waals surface area (Å²) < 4.78 is 35.2. The normalized spacial score (nSPS) is 13.1. The highest BCUT2D eigenvalue weighted by molar-refractivity contribution is 9.10. The van der Waals surface area contributed by atoms with Crippen LogP contribution in [0.4, 0.5) is 0 Å². The van der Waals surface area contributed by atoms with Gasteiger partial charge in [-0.15, -0.1) is 0 Å². The molecule has 0 bridgehead atoms. The Balaban J connectivity index is 1.84. The van der Waals surface area contributed by atoms with Crippen LogP contribution in [0.3, 0.4) is 0 Å². The fraction of sp³-hybridized carbons (Fsp3) is 0.133. The summed E-state index contributed by atoms with van der Waals surface area (Å²) in [7, 11) is -3.65. The van der Waals surface area contributed by atoms with Crippen LogP contribution in [0, 0.1) is 0 Å².